The van der Waals surface area contributed by atoms with Crippen LogP contribution in [0.15, 0.2) is 54.2 Å². The lowest BCUT2D eigenvalue weighted by Crippen LogP contribution is -2.48. The van der Waals surface area contributed by atoms with Gasteiger partial charge in [-0.3, -0.25) is 9.59 Å². The predicted octanol–water partition coefficient (Wildman–Crippen LogP) is 4.08. The molecule has 0 bridgehead atoms. The van der Waals surface area contributed by atoms with Crippen LogP contribution in [0.5, 0.6) is 11.5 Å². The molecule has 0 radical (unpaired) electrons. The number of hydrogen-bond donors (Lipinski definition) is 2. The molecule has 8 heteroatoms. The molecule has 0 aliphatic heterocycles. The molecule has 2 N–H and O–H groups in total. The van der Waals surface area contributed by atoms with Crippen LogP contribution >= 0.6 is 22.6 Å². The minimum Gasteiger partial charge on any atom is -0.493 e. The summed E-state index contributed by atoms with van der Waals surface area (Å²) in [7, 11) is 1.55. The van der Waals surface area contributed by atoms with Gasteiger partial charge in [0.25, 0.3) is 11.8 Å². The summed E-state index contributed by atoms with van der Waals surface area (Å²) in [5.41, 5.74) is 4.79. The van der Waals surface area contributed by atoms with E-state index in [0.29, 0.717) is 23.7 Å². The Labute approximate surface area is 202 Å². The van der Waals surface area contributed by atoms with Gasteiger partial charge in [-0.15, -0.1) is 0 Å². The third-order valence-electron chi connectivity index (χ3n) is 4.54. The molecule has 0 heterocycles. The molecule has 2 aromatic carbocycles. The number of hydrazone groups is 1. The van der Waals surface area contributed by atoms with Crippen LogP contribution in [-0.4, -0.2) is 37.8 Å². The second-order valence-electron chi connectivity index (χ2n) is 7.43. The third-order valence-corrected chi connectivity index (χ3v) is 5.34. The van der Waals surface area contributed by atoms with E-state index >= 15 is 0 Å². The second-order valence-corrected chi connectivity index (χ2v) is 8.59. The van der Waals surface area contributed by atoms with Gasteiger partial charge in [-0.1, -0.05) is 44.2 Å². The molecule has 0 fully saturated rings. The maximum atomic E-state index is 12.7. The average molecular weight is 549 g/mol. The Morgan fingerprint density at radius 1 is 1.22 bits per heavy atom. The molecule has 1 atom stereocenters. The maximum absolute atomic E-state index is 12.7. The lowest BCUT2D eigenvalue weighted by atomic mass is 10.0. The van der Waals surface area contributed by atoms with Crippen molar-refractivity contribution in [3.63, 3.8) is 0 Å². The first-order chi connectivity index (χ1) is 15.3. The van der Waals surface area contributed by atoms with Gasteiger partial charge < -0.3 is 14.8 Å². The molecule has 0 saturated carbocycles. The van der Waals surface area contributed by atoms with Crippen molar-refractivity contribution in [3.05, 3.63) is 69.3 Å². The first-order valence-electron chi connectivity index (χ1n) is 10.1. The van der Waals surface area contributed by atoms with Crippen molar-refractivity contribution >= 4 is 40.6 Å². The molecule has 7 nitrogen and oxygen atoms in total. The maximum Gasteiger partial charge on any atom is 0.262 e. The smallest absolute Gasteiger partial charge is 0.262 e. The standard InChI is InChI=1S/C24H28IN3O4/c1-6-11-32-22-19(25)12-17(13-20(22)31-5)14-26-28-24(30)21(15(2)3)27-23(29)18-9-7-16(4)8-10-18/h6-10,12-15,21H,1,11H2,2-5H3,(H,27,29)(H,28,30)/b26-14-. The van der Waals surface area contributed by atoms with Crippen molar-refractivity contribution in [2.24, 2.45) is 11.0 Å². The molecule has 2 amide bonds. The summed E-state index contributed by atoms with van der Waals surface area (Å²) in [6.07, 6.45) is 3.17. The highest BCUT2D eigenvalue weighted by Crippen LogP contribution is 2.33. The van der Waals surface area contributed by atoms with Crippen LogP contribution in [0, 0.1) is 16.4 Å². The molecule has 1 unspecified atom stereocenters. The largest absolute Gasteiger partial charge is 0.493 e. The van der Waals surface area contributed by atoms with Gasteiger partial charge in [0, 0.05) is 5.56 Å². The minimum atomic E-state index is -0.731. The molecule has 170 valence electrons. The third kappa shape index (κ3) is 7.08. The number of methoxy groups -OCH3 is 1. The Morgan fingerprint density at radius 2 is 1.91 bits per heavy atom. The average Bonchev–Trinajstić information content (AvgIpc) is 2.76. The highest BCUT2D eigenvalue weighted by atomic mass is 127. The van der Waals surface area contributed by atoms with E-state index in [1.165, 1.54) is 6.21 Å². The summed E-state index contributed by atoms with van der Waals surface area (Å²) in [6.45, 7) is 9.67. The van der Waals surface area contributed by atoms with E-state index in [4.69, 9.17) is 9.47 Å². The van der Waals surface area contributed by atoms with Crippen LogP contribution in [0.1, 0.15) is 35.3 Å². The van der Waals surface area contributed by atoms with Gasteiger partial charge in [0.15, 0.2) is 11.5 Å². The number of halogens is 1. The van der Waals surface area contributed by atoms with E-state index in [1.54, 1.807) is 31.4 Å². The van der Waals surface area contributed by atoms with Crippen molar-refractivity contribution in [2.45, 2.75) is 26.8 Å². The highest BCUT2D eigenvalue weighted by Gasteiger charge is 2.24. The number of aryl methyl sites for hydroxylation is 1. The zero-order chi connectivity index (χ0) is 23.7. The summed E-state index contributed by atoms with van der Waals surface area (Å²) >= 11 is 2.14. The molecule has 2 aromatic rings. The Morgan fingerprint density at radius 3 is 2.50 bits per heavy atom. The monoisotopic (exact) mass is 549 g/mol. The number of carbonyl (C=O) groups excluding carboxylic acids is 2. The summed E-state index contributed by atoms with van der Waals surface area (Å²) < 4.78 is 11.9. The number of hydrogen-bond acceptors (Lipinski definition) is 5. The molecular weight excluding hydrogens is 521 g/mol. The summed E-state index contributed by atoms with van der Waals surface area (Å²) in [5.74, 6) is 0.341. The lowest BCUT2D eigenvalue weighted by Gasteiger charge is -2.20. The normalized spacial score (nSPS) is 11.8. The first kappa shape index (κ1) is 25.4. The van der Waals surface area contributed by atoms with Crippen LogP contribution in [0.3, 0.4) is 0 Å². The van der Waals surface area contributed by atoms with E-state index in [-0.39, 0.29) is 11.8 Å². The van der Waals surface area contributed by atoms with Crippen LogP contribution in [0.2, 0.25) is 0 Å². The number of benzene rings is 2. The van der Waals surface area contributed by atoms with Gasteiger partial charge >= 0.3 is 0 Å². The van der Waals surface area contributed by atoms with Crippen molar-refractivity contribution in [2.75, 3.05) is 13.7 Å². The van der Waals surface area contributed by atoms with Crippen molar-refractivity contribution in [1.82, 2.24) is 10.7 Å². The molecule has 0 spiro atoms. The number of nitrogens with one attached hydrogen (secondary N) is 2. The zero-order valence-electron chi connectivity index (χ0n) is 18.6. The van der Waals surface area contributed by atoms with Gasteiger partial charge in [-0.25, -0.2) is 5.43 Å². The fourth-order valence-corrected chi connectivity index (χ4v) is 3.58. The second kappa shape index (κ2) is 12.2. The van der Waals surface area contributed by atoms with Crippen molar-refractivity contribution in [3.8, 4) is 11.5 Å². The van der Waals surface area contributed by atoms with E-state index < -0.39 is 11.9 Å². The fourth-order valence-electron chi connectivity index (χ4n) is 2.80. The topological polar surface area (TPSA) is 89.0 Å². The number of amides is 2. The predicted molar refractivity (Wildman–Crippen MR) is 134 cm³/mol. The van der Waals surface area contributed by atoms with Gasteiger partial charge in [0.2, 0.25) is 0 Å². The summed E-state index contributed by atoms with van der Waals surface area (Å²) in [6, 6.07) is 10.1. The van der Waals surface area contributed by atoms with Gasteiger partial charge in [0.05, 0.1) is 16.9 Å². The van der Waals surface area contributed by atoms with E-state index in [0.717, 1.165) is 14.7 Å². The van der Waals surface area contributed by atoms with Crippen LogP contribution < -0.4 is 20.2 Å². The molecule has 0 aromatic heterocycles. The van der Waals surface area contributed by atoms with Gasteiger partial charge in [0.1, 0.15) is 12.6 Å². The number of nitrogens with zero attached hydrogens (tertiary/aromatic N) is 1. The van der Waals surface area contributed by atoms with Gasteiger partial charge in [-0.05, 0) is 65.3 Å². The van der Waals surface area contributed by atoms with Gasteiger partial charge in [-0.2, -0.15) is 5.10 Å². The summed E-state index contributed by atoms with van der Waals surface area (Å²) in [5, 5.41) is 6.84. The quantitative estimate of drug-likeness (QED) is 0.202. The molecule has 2 rings (SSSR count). The molecule has 32 heavy (non-hydrogen) atoms. The zero-order valence-corrected chi connectivity index (χ0v) is 20.8. The number of rotatable bonds is 10. The van der Waals surface area contributed by atoms with E-state index in [2.05, 4.69) is 45.0 Å². The number of ether oxygens (including phenoxy) is 2. The Bertz CT molecular complexity index is 987. The molecular formula is C24H28IN3O4. The molecule has 0 saturated heterocycles. The highest BCUT2D eigenvalue weighted by molar-refractivity contribution is 14.1. The number of carbonyl (C=O) groups is 2. The Balaban J connectivity index is 2.07. The van der Waals surface area contributed by atoms with E-state index in [9.17, 15) is 9.59 Å². The van der Waals surface area contributed by atoms with Crippen molar-refractivity contribution in [1.29, 1.82) is 0 Å². The Kier molecular flexibility index (Phi) is 9.70. The summed E-state index contributed by atoms with van der Waals surface area (Å²) in [4.78, 5) is 25.2. The van der Waals surface area contributed by atoms with E-state index in [1.807, 2.05) is 39.0 Å². The SMILES string of the molecule is C=CCOc1c(I)cc(/C=N\NC(=O)C(NC(=O)c2ccc(C)cc2)C(C)C)cc1OC. The van der Waals surface area contributed by atoms with Crippen LogP contribution in [0.25, 0.3) is 0 Å². The van der Waals surface area contributed by atoms with Crippen LogP contribution in [0.4, 0.5) is 0 Å². The first-order valence-corrected chi connectivity index (χ1v) is 11.2. The molecule has 0 aliphatic carbocycles. The lowest BCUT2D eigenvalue weighted by molar-refractivity contribution is -0.123. The van der Waals surface area contributed by atoms with Crippen LogP contribution in [-0.2, 0) is 4.79 Å². The Hall–Kier alpha value is -2.88. The molecule has 0 aliphatic rings. The minimum absolute atomic E-state index is 0.123. The van der Waals surface area contributed by atoms with Crippen molar-refractivity contribution < 1.29 is 19.1 Å². The fraction of sp³-hybridized carbons (Fsp3) is 0.292.